The molecule has 2 aromatic rings. The van der Waals surface area contributed by atoms with E-state index in [1.807, 2.05) is 34.9 Å². The minimum atomic E-state index is -0.241. The first-order valence-corrected chi connectivity index (χ1v) is 7.59. The number of hydrogen-bond donors (Lipinski definition) is 0. The van der Waals surface area contributed by atoms with E-state index in [1.165, 1.54) is 12.1 Å². The van der Waals surface area contributed by atoms with E-state index in [9.17, 15) is 9.18 Å². The molecule has 1 aliphatic heterocycles. The van der Waals surface area contributed by atoms with Crippen LogP contribution in [-0.2, 0) is 4.79 Å². The number of thioether (sulfide) groups is 1. The molecule has 3 nitrogen and oxygen atoms in total. The van der Waals surface area contributed by atoms with Crippen LogP contribution in [0, 0.1) is 5.82 Å². The van der Waals surface area contributed by atoms with E-state index in [1.54, 1.807) is 23.9 Å². The van der Waals surface area contributed by atoms with E-state index in [0.29, 0.717) is 5.75 Å². The molecule has 5 heteroatoms. The Morgan fingerprint density at radius 1 is 1.30 bits per heavy atom. The largest absolute Gasteiger partial charge is 0.326 e. The Morgan fingerprint density at radius 3 is 2.75 bits per heavy atom. The summed E-state index contributed by atoms with van der Waals surface area (Å²) in [7, 11) is 0. The maximum absolute atomic E-state index is 12.9. The lowest BCUT2D eigenvalue weighted by molar-refractivity contribution is -0.127. The van der Waals surface area contributed by atoms with Crippen molar-refractivity contribution in [2.45, 2.75) is 12.3 Å². The summed E-state index contributed by atoms with van der Waals surface area (Å²) >= 11 is 1.65. The SMILES string of the molecule is CCN1C(=O)CS[C@@H]1c1ccn(-c2ccc(F)cc2)c1. The summed E-state index contributed by atoms with van der Waals surface area (Å²) < 4.78 is 14.9. The molecule has 1 aromatic heterocycles. The maximum Gasteiger partial charge on any atom is 0.233 e. The van der Waals surface area contributed by atoms with Gasteiger partial charge < -0.3 is 9.47 Å². The van der Waals surface area contributed by atoms with E-state index >= 15 is 0 Å². The van der Waals surface area contributed by atoms with E-state index in [0.717, 1.165) is 17.8 Å². The van der Waals surface area contributed by atoms with Crippen LogP contribution in [0.3, 0.4) is 0 Å². The van der Waals surface area contributed by atoms with Gasteiger partial charge in [0.2, 0.25) is 5.91 Å². The van der Waals surface area contributed by atoms with Gasteiger partial charge >= 0.3 is 0 Å². The summed E-state index contributed by atoms with van der Waals surface area (Å²) in [6, 6.07) is 8.39. The van der Waals surface area contributed by atoms with Crippen molar-refractivity contribution < 1.29 is 9.18 Å². The first-order valence-electron chi connectivity index (χ1n) is 6.54. The molecule has 1 fully saturated rings. The van der Waals surface area contributed by atoms with Crippen molar-refractivity contribution in [3.63, 3.8) is 0 Å². The average molecular weight is 290 g/mol. The lowest BCUT2D eigenvalue weighted by Crippen LogP contribution is -2.27. The third-order valence-electron chi connectivity index (χ3n) is 3.43. The van der Waals surface area contributed by atoms with Gasteiger partial charge in [-0.2, -0.15) is 0 Å². The molecule has 2 heterocycles. The van der Waals surface area contributed by atoms with Crippen molar-refractivity contribution in [3.8, 4) is 5.69 Å². The fourth-order valence-electron chi connectivity index (χ4n) is 2.41. The highest BCUT2D eigenvalue weighted by Crippen LogP contribution is 2.38. The summed E-state index contributed by atoms with van der Waals surface area (Å²) in [6.45, 7) is 2.71. The number of carbonyl (C=O) groups is 1. The molecule has 0 spiro atoms. The first-order chi connectivity index (χ1) is 9.69. The number of carbonyl (C=O) groups excluding carboxylic acids is 1. The van der Waals surface area contributed by atoms with Crippen LogP contribution in [0.15, 0.2) is 42.7 Å². The summed E-state index contributed by atoms with van der Waals surface area (Å²) in [5.74, 6) is 0.493. The number of rotatable bonds is 3. The van der Waals surface area contributed by atoms with Crippen LogP contribution in [0.2, 0.25) is 0 Å². The van der Waals surface area contributed by atoms with Crippen molar-refractivity contribution in [2.75, 3.05) is 12.3 Å². The summed E-state index contributed by atoms with van der Waals surface area (Å²) in [5.41, 5.74) is 2.02. The summed E-state index contributed by atoms with van der Waals surface area (Å²) in [6.07, 6.45) is 3.95. The molecular formula is C15H15FN2OS. The van der Waals surface area contributed by atoms with Gasteiger partial charge in [-0.25, -0.2) is 4.39 Å². The van der Waals surface area contributed by atoms with Gasteiger partial charge in [0.1, 0.15) is 11.2 Å². The van der Waals surface area contributed by atoms with Gasteiger partial charge in [-0.15, -0.1) is 11.8 Å². The third kappa shape index (κ3) is 2.33. The Bertz CT molecular complexity index is 623. The zero-order chi connectivity index (χ0) is 14.1. The fraction of sp³-hybridized carbons (Fsp3) is 0.267. The van der Waals surface area contributed by atoms with E-state index in [4.69, 9.17) is 0 Å². The van der Waals surface area contributed by atoms with Crippen molar-refractivity contribution in [1.82, 2.24) is 9.47 Å². The molecule has 0 unspecified atom stereocenters. The Labute approximate surface area is 121 Å². The second-order valence-electron chi connectivity index (χ2n) is 4.67. The minimum absolute atomic E-state index is 0.0919. The summed E-state index contributed by atoms with van der Waals surface area (Å²) in [5, 5.41) is 0.0919. The number of hydrogen-bond acceptors (Lipinski definition) is 2. The highest BCUT2D eigenvalue weighted by Gasteiger charge is 2.31. The second-order valence-corrected chi connectivity index (χ2v) is 5.74. The highest BCUT2D eigenvalue weighted by atomic mass is 32.2. The predicted octanol–water partition coefficient (Wildman–Crippen LogP) is 3.21. The van der Waals surface area contributed by atoms with Crippen molar-refractivity contribution >= 4 is 17.7 Å². The molecule has 0 N–H and O–H groups in total. The Morgan fingerprint density at radius 2 is 2.05 bits per heavy atom. The molecule has 3 rings (SSSR count). The Balaban J connectivity index is 1.87. The monoisotopic (exact) mass is 290 g/mol. The zero-order valence-corrected chi connectivity index (χ0v) is 11.9. The molecule has 1 atom stereocenters. The van der Waals surface area contributed by atoms with Gasteiger partial charge in [-0.05, 0) is 37.3 Å². The molecule has 0 radical (unpaired) electrons. The quantitative estimate of drug-likeness (QED) is 0.867. The molecule has 0 saturated carbocycles. The van der Waals surface area contributed by atoms with Crippen LogP contribution in [0.5, 0.6) is 0 Å². The minimum Gasteiger partial charge on any atom is -0.326 e. The van der Waals surface area contributed by atoms with Gasteiger partial charge in [0.05, 0.1) is 5.75 Å². The van der Waals surface area contributed by atoms with E-state index in [-0.39, 0.29) is 17.1 Å². The van der Waals surface area contributed by atoms with Crippen molar-refractivity contribution in [2.24, 2.45) is 0 Å². The topological polar surface area (TPSA) is 25.2 Å². The van der Waals surface area contributed by atoms with Crippen LogP contribution in [0.4, 0.5) is 4.39 Å². The van der Waals surface area contributed by atoms with Crippen LogP contribution in [0.1, 0.15) is 17.9 Å². The number of benzene rings is 1. The molecule has 20 heavy (non-hydrogen) atoms. The van der Waals surface area contributed by atoms with E-state index < -0.39 is 0 Å². The first kappa shape index (κ1) is 13.2. The van der Waals surface area contributed by atoms with Gasteiger partial charge in [-0.1, -0.05) is 0 Å². The predicted molar refractivity (Wildman–Crippen MR) is 78.3 cm³/mol. The molecule has 1 saturated heterocycles. The van der Waals surface area contributed by atoms with Crippen molar-refractivity contribution in [3.05, 3.63) is 54.1 Å². The standard InChI is InChI=1S/C15H15FN2OS/c1-2-18-14(19)10-20-15(18)11-7-8-17(9-11)13-5-3-12(16)4-6-13/h3-9,15H,2,10H2,1H3/t15-/m1/s1. The molecule has 0 aliphatic carbocycles. The Kier molecular flexibility index (Phi) is 3.53. The number of aromatic nitrogens is 1. The smallest absolute Gasteiger partial charge is 0.233 e. The molecule has 1 aromatic carbocycles. The lowest BCUT2D eigenvalue weighted by atomic mass is 10.3. The lowest BCUT2D eigenvalue weighted by Gasteiger charge is -2.21. The van der Waals surface area contributed by atoms with E-state index in [2.05, 4.69) is 0 Å². The van der Waals surface area contributed by atoms with Crippen LogP contribution >= 0.6 is 11.8 Å². The number of halogens is 1. The molecular weight excluding hydrogens is 275 g/mol. The van der Waals surface area contributed by atoms with Crippen LogP contribution < -0.4 is 0 Å². The van der Waals surface area contributed by atoms with Crippen molar-refractivity contribution in [1.29, 1.82) is 0 Å². The van der Waals surface area contributed by atoms with Gasteiger partial charge in [0.25, 0.3) is 0 Å². The Hall–Kier alpha value is -1.75. The number of amides is 1. The molecule has 0 bridgehead atoms. The maximum atomic E-state index is 12.9. The zero-order valence-electron chi connectivity index (χ0n) is 11.1. The van der Waals surface area contributed by atoms with Crippen LogP contribution in [0.25, 0.3) is 5.69 Å². The summed E-state index contributed by atoms with van der Waals surface area (Å²) in [4.78, 5) is 13.6. The van der Waals surface area contributed by atoms with Gasteiger partial charge in [0.15, 0.2) is 0 Å². The average Bonchev–Trinajstić information content (AvgIpc) is 3.06. The second kappa shape index (κ2) is 5.32. The molecule has 1 amide bonds. The molecule has 104 valence electrons. The number of nitrogens with zero attached hydrogens (tertiary/aromatic N) is 2. The van der Waals surface area contributed by atoms with Crippen LogP contribution in [-0.4, -0.2) is 27.7 Å². The molecule has 1 aliphatic rings. The highest BCUT2D eigenvalue weighted by molar-refractivity contribution is 8.00. The van der Waals surface area contributed by atoms with Gasteiger partial charge in [-0.3, -0.25) is 4.79 Å². The fourth-order valence-corrected chi connectivity index (χ4v) is 3.65. The normalized spacial score (nSPS) is 18.8. The third-order valence-corrected chi connectivity index (χ3v) is 4.69. The van der Waals surface area contributed by atoms with Gasteiger partial charge in [0, 0.05) is 30.2 Å².